The minimum Gasteiger partial charge on any atom is -0.337 e. The molecule has 0 saturated carbocycles. The number of hydrogen-bond acceptors (Lipinski definition) is 4. The first-order valence-corrected chi connectivity index (χ1v) is 7.91. The molecule has 1 aromatic carbocycles. The zero-order valence-electron chi connectivity index (χ0n) is 10.8. The van der Waals surface area contributed by atoms with Crippen LogP contribution in [-0.2, 0) is 9.84 Å². The van der Waals surface area contributed by atoms with Crippen molar-refractivity contribution >= 4 is 21.5 Å². The highest BCUT2D eigenvalue weighted by Crippen LogP contribution is 2.15. The third kappa shape index (κ3) is 3.45. The minimum atomic E-state index is -2.94. The van der Waals surface area contributed by atoms with Crippen LogP contribution in [0.3, 0.4) is 0 Å². The molecule has 0 amide bonds. The molecule has 1 aliphatic rings. The van der Waals surface area contributed by atoms with Gasteiger partial charge in [-0.25, -0.2) is 19.3 Å². The summed E-state index contributed by atoms with van der Waals surface area (Å²) in [5.74, 6) is 6.26. The molecule has 1 heterocycles. The first kappa shape index (κ1) is 13.8. The number of hydrogen-bond donors (Lipinski definition) is 2. The highest BCUT2D eigenvalue weighted by Gasteiger charge is 2.29. The van der Waals surface area contributed by atoms with Gasteiger partial charge in [-0.05, 0) is 19.1 Å². The number of para-hydroxylation sites is 1. The van der Waals surface area contributed by atoms with Crippen molar-refractivity contribution in [3.8, 4) is 0 Å². The Morgan fingerprint density at radius 3 is 2.68 bits per heavy atom. The van der Waals surface area contributed by atoms with Crippen LogP contribution >= 0.6 is 0 Å². The van der Waals surface area contributed by atoms with E-state index in [0.29, 0.717) is 12.5 Å². The summed E-state index contributed by atoms with van der Waals surface area (Å²) in [5.41, 5.74) is 3.33. The summed E-state index contributed by atoms with van der Waals surface area (Å²) in [6.07, 6.45) is 0. The van der Waals surface area contributed by atoms with Gasteiger partial charge in [0.2, 0.25) is 5.96 Å². The van der Waals surface area contributed by atoms with Gasteiger partial charge in [0.1, 0.15) is 0 Å². The molecule has 1 fully saturated rings. The zero-order valence-corrected chi connectivity index (χ0v) is 11.6. The third-order valence-corrected chi connectivity index (χ3v) is 4.86. The Hall–Kier alpha value is -1.60. The maximum Gasteiger partial charge on any atom is 0.213 e. The van der Waals surface area contributed by atoms with Crippen molar-refractivity contribution in [1.29, 1.82) is 0 Å². The number of sulfone groups is 1. The molecule has 0 radical (unpaired) electrons. The fourth-order valence-electron chi connectivity index (χ4n) is 2.12. The normalized spacial score (nSPS) is 23.2. The second kappa shape index (κ2) is 5.58. The van der Waals surface area contributed by atoms with Crippen LogP contribution in [0.1, 0.15) is 6.92 Å². The van der Waals surface area contributed by atoms with Crippen LogP contribution in [0.5, 0.6) is 0 Å². The van der Waals surface area contributed by atoms with Gasteiger partial charge in [0, 0.05) is 12.6 Å². The molecule has 0 spiro atoms. The van der Waals surface area contributed by atoms with Crippen LogP contribution < -0.4 is 11.3 Å². The van der Waals surface area contributed by atoms with Gasteiger partial charge < -0.3 is 4.90 Å². The molecular formula is C12H18N4O2S. The molecule has 104 valence electrons. The van der Waals surface area contributed by atoms with Crippen molar-refractivity contribution in [1.82, 2.24) is 10.3 Å². The molecule has 0 aliphatic carbocycles. The van der Waals surface area contributed by atoms with E-state index in [1.165, 1.54) is 0 Å². The highest BCUT2D eigenvalue weighted by molar-refractivity contribution is 7.91. The second-order valence-electron chi connectivity index (χ2n) is 4.57. The van der Waals surface area contributed by atoms with Crippen LogP contribution in [0.2, 0.25) is 0 Å². The average molecular weight is 282 g/mol. The smallest absolute Gasteiger partial charge is 0.213 e. The van der Waals surface area contributed by atoms with Crippen molar-refractivity contribution < 1.29 is 8.42 Å². The number of rotatable bonds is 1. The van der Waals surface area contributed by atoms with Crippen molar-refractivity contribution in [3.63, 3.8) is 0 Å². The van der Waals surface area contributed by atoms with E-state index in [1.807, 2.05) is 42.2 Å². The summed E-state index contributed by atoms with van der Waals surface area (Å²) < 4.78 is 23.1. The molecule has 0 bridgehead atoms. The Kier molecular flexibility index (Phi) is 4.06. The van der Waals surface area contributed by atoms with Crippen molar-refractivity contribution in [2.24, 2.45) is 10.8 Å². The Morgan fingerprint density at radius 1 is 1.42 bits per heavy atom. The molecule has 1 aromatic rings. The summed E-state index contributed by atoms with van der Waals surface area (Å²) in [7, 11) is -2.94. The topological polar surface area (TPSA) is 87.8 Å². The predicted octanol–water partition coefficient (Wildman–Crippen LogP) is 0.256. The van der Waals surface area contributed by atoms with Crippen LogP contribution in [0.4, 0.5) is 5.69 Å². The van der Waals surface area contributed by atoms with E-state index in [1.54, 1.807) is 0 Å². The van der Waals surface area contributed by atoms with E-state index in [9.17, 15) is 8.42 Å². The number of nitrogens with zero attached hydrogens (tertiary/aromatic N) is 2. The highest BCUT2D eigenvalue weighted by atomic mass is 32.2. The van der Waals surface area contributed by atoms with Crippen molar-refractivity contribution in [3.05, 3.63) is 30.3 Å². The van der Waals surface area contributed by atoms with Gasteiger partial charge in [-0.1, -0.05) is 18.2 Å². The van der Waals surface area contributed by atoms with Crippen molar-refractivity contribution in [2.75, 3.05) is 18.1 Å². The summed E-state index contributed by atoms with van der Waals surface area (Å²) in [5, 5.41) is 0. The largest absolute Gasteiger partial charge is 0.337 e. The molecule has 1 unspecified atom stereocenters. The number of benzene rings is 1. The summed E-state index contributed by atoms with van der Waals surface area (Å²) >= 11 is 0. The van der Waals surface area contributed by atoms with E-state index in [0.717, 1.165) is 5.69 Å². The zero-order chi connectivity index (χ0) is 13.9. The van der Waals surface area contributed by atoms with Crippen LogP contribution in [0, 0.1) is 0 Å². The number of hydrazine groups is 1. The fraction of sp³-hybridized carbons (Fsp3) is 0.417. The maximum atomic E-state index is 11.6. The summed E-state index contributed by atoms with van der Waals surface area (Å²) in [6.45, 7) is 2.26. The van der Waals surface area contributed by atoms with Gasteiger partial charge in [-0.15, -0.1) is 0 Å². The molecule has 1 atom stereocenters. The molecule has 19 heavy (non-hydrogen) atoms. The molecular weight excluding hydrogens is 264 g/mol. The van der Waals surface area contributed by atoms with Gasteiger partial charge >= 0.3 is 0 Å². The molecule has 2 rings (SSSR count). The predicted molar refractivity (Wildman–Crippen MR) is 75.7 cm³/mol. The standard InChI is InChI=1S/C12H18N4O2S/c1-10-9-19(17,18)8-7-16(10)12(15-13)14-11-5-3-2-4-6-11/h2-6,10H,7-9,13H2,1H3,(H,14,15). The Bertz CT molecular complexity index is 556. The third-order valence-electron chi connectivity index (χ3n) is 3.06. The molecule has 6 nitrogen and oxygen atoms in total. The number of nitrogens with one attached hydrogen (secondary N) is 1. The van der Waals surface area contributed by atoms with Crippen LogP contribution in [-0.4, -0.2) is 43.4 Å². The van der Waals surface area contributed by atoms with E-state index in [2.05, 4.69) is 10.4 Å². The first-order valence-electron chi connectivity index (χ1n) is 6.09. The van der Waals surface area contributed by atoms with Crippen LogP contribution in [0.25, 0.3) is 0 Å². The maximum absolute atomic E-state index is 11.6. The summed E-state index contributed by atoms with van der Waals surface area (Å²) in [4.78, 5) is 6.29. The Balaban J connectivity index is 2.21. The lowest BCUT2D eigenvalue weighted by Gasteiger charge is -2.35. The van der Waals surface area contributed by atoms with E-state index in [4.69, 9.17) is 5.84 Å². The van der Waals surface area contributed by atoms with Crippen LogP contribution in [0.15, 0.2) is 35.3 Å². The molecule has 3 N–H and O–H groups in total. The lowest BCUT2D eigenvalue weighted by Crippen LogP contribution is -2.55. The van der Waals surface area contributed by atoms with E-state index >= 15 is 0 Å². The molecule has 1 saturated heterocycles. The van der Waals surface area contributed by atoms with E-state index in [-0.39, 0.29) is 17.5 Å². The second-order valence-corrected chi connectivity index (χ2v) is 6.80. The number of nitrogens with two attached hydrogens (primary N) is 1. The average Bonchev–Trinajstić information content (AvgIpc) is 2.37. The van der Waals surface area contributed by atoms with Gasteiger partial charge in [0.05, 0.1) is 17.2 Å². The lowest BCUT2D eigenvalue weighted by atomic mass is 10.3. The van der Waals surface area contributed by atoms with E-state index < -0.39 is 9.84 Å². The van der Waals surface area contributed by atoms with Gasteiger partial charge in [0.25, 0.3) is 0 Å². The fourth-order valence-corrected chi connectivity index (χ4v) is 3.67. The van der Waals surface area contributed by atoms with Gasteiger partial charge in [-0.3, -0.25) is 5.43 Å². The quantitative estimate of drug-likeness (QED) is 0.334. The Morgan fingerprint density at radius 2 is 2.11 bits per heavy atom. The first-order chi connectivity index (χ1) is 9.02. The lowest BCUT2D eigenvalue weighted by molar-refractivity contribution is 0.341. The van der Waals surface area contributed by atoms with Gasteiger partial charge in [-0.2, -0.15) is 0 Å². The summed E-state index contributed by atoms with van der Waals surface area (Å²) in [6, 6.07) is 9.27. The molecule has 7 heteroatoms. The number of guanidine groups is 1. The number of aliphatic imine (C=N–C) groups is 1. The molecule has 1 aliphatic heterocycles. The Labute approximate surface area is 113 Å². The van der Waals surface area contributed by atoms with Crippen molar-refractivity contribution in [2.45, 2.75) is 13.0 Å². The SMILES string of the molecule is CC1CS(=O)(=O)CCN1C(=Nc1ccccc1)NN. The molecule has 0 aromatic heterocycles. The monoisotopic (exact) mass is 282 g/mol. The minimum absolute atomic E-state index is 0.127. The van der Waals surface area contributed by atoms with Gasteiger partial charge in [0.15, 0.2) is 9.84 Å².